The maximum Gasteiger partial charge on any atom is 0.236 e. The fourth-order valence-corrected chi connectivity index (χ4v) is 4.47. The molecular weight excluding hydrogens is 358 g/mol. The molecule has 0 aliphatic carbocycles. The predicted octanol–water partition coefficient (Wildman–Crippen LogP) is 2.06. The Morgan fingerprint density at radius 2 is 1.93 bits per heavy atom. The van der Waals surface area contributed by atoms with E-state index in [0.717, 1.165) is 71.2 Å². The first kappa shape index (κ1) is 20.1. The minimum atomic E-state index is 0.297. The number of aliphatic imine (C=N–C) groups is 1. The molecule has 1 unspecified atom stereocenters. The Kier molecular flexibility index (Phi) is 7.52. The van der Waals surface area contributed by atoms with E-state index >= 15 is 0 Å². The van der Waals surface area contributed by atoms with E-state index in [1.165, 1.54) is 5.56 Å². The molecule has 150 valence electrons. The number of thiophene rings is 1. The van der Waals surface area contributed by atoms with E-state index in [1.54, 1.807) is 11.3 Å². The third-order valence-electron chi connectivity index (χ3n) is 5.45. The number of hydrogen-bond donors (Lipinski definition) is 1. The molecule has 3 rings (SSSR count). The lowest BCUT2D eigenvalue weighted by Crippen LogP contribution is -2.54. The van der Waals surface area contributed by atoms with Crippen molar-refractivity contribution in [3.63, 3.8) is 0 Å². The second kappa shape index (κ2) is 10.1. The fourth-order valence-electron chi connectivity index (χ4n) is 3.69. The normalized spacial score (nSPS) is 20.1. The Bertz CT molecular complexity index is 604. The number of nitrogens with one attached hydrogen (secondary N) is 1. The molecule has 1 amide bonds. The highest BCUT2D eigenvalue weighted by Crippen LogP contribution is 2.18. The smallest absolute Gasteiger partial charge is 0.236 e. The lowest BCUT2D eigenvalue weighted by Gasteiger charge is -2.36. The van der Waals surface area contributed by atoms with Crippen LogP contribution < -0.4 is 5.32 Å². The summed E-state index contributed by atoms with van der Waals surface area (Å²) in [6.45, 7) is 12.2. The minimum absolute atomic E-state index is 0.297. The van der Waals surface area contributed by atoms with Gasteiger partial charge in [0, 0.05) is 58.3 Å². The van der Waals surface area contributed by atoms with Crippen molar-refractivity contribution in [2.24, 2.45) is 4.99 Å². The second-order valence-corrected chi connectivity index (χ2v) is 8.28. The zero-order chi connectivity index (χ0) is 19.1. The van der Waals surface area contributed by atoms with Crippen LogP contribution in [0, 0.1) is 0 Å². The van der Waals surface area contributed by atoms with Gasteiger partial charge >= 0.3 is 0 Å². The molecular formula is C20H33N5OS. The third kappa shape index (κ3) is 5.69. The summed E-state index contributed by atoms with van der Waals surface area (Å²) >= 11 is 1.74. The van der Waals surface area contributed by atoms with E-state index < -0.39 is 0 Å². The number of hydrogen-bond acceptors (Lipinski definition) is 4. The van der Waals surface area contributed by atoms with Crippen LogP contribution in [0.4, 0.5) is 0 Å². The van der Waals surface area contributed by atoms with Gasteiger partial charge in [0.05, 0.1) is 6.54 Å². The molecule has 1 N–H and O–H groups in total. The topological polar surface area (TPSA) is 51.2 Å². The Morgan fingerprint density at radius 1 is 1.19 bits per heavy atom. The van der Waals surface area contributed by atoms with Gasteiger partial charge in [-0.3, -0.25) is 14.7 Å². The molecule has 1 atom stereocenters. The average molecular weight is 392 g/mol. The van der Waals surface area contributed by atoms with Crippen molar-refractivity contribution in [2.45, 2.75) is 32.6 Å². The molecule has 3 heterocycles. The molecule has 27 heavy (non-hydrogen) atoms. The average Bonchev–Trinajstić information content (AvgIpc) is 3.39. The van der Waals surface area contributed by atoms with Crippen LogP contribution in [0.2, 0.25) is 0 Å². The van der Waals surface area contributed by atoms with Crippen LogP contribution in [-0.4, -0.2) is 85.5 Å². The lowest BCUT2D eigenvalue weighted by molar-refractivity contribution is -0.131. The van der Waals surface area contributed by atoms with Gasteiger partial charge in [0.2, 0.25) is 5.91 Å². The predicted molar refractivity (Wildman–Crippen MR) is 113 cm³/mol. The summed E-state index contributed by atoms with van der Waals surface area (Å²) in [7, 11) is 0. The van der Waals surface area contributed by atoms with Gasteiger partial charge in [0.25, 0.3) is 0 Å². The van der Waals surface area contributed by atoms with Crippen LogP contribution in [0.3, 0.4) is 0 Å². The monoisotopic (exact) mass is 391 g/mol. The van der Waals surface area contributed by atoms with Crippen molar-refractivity contribution >= 4 is 23.2 Å². The van der Waals surface area contributed by atoms with Crippen LogP contribution in [0.1, 0.15) is 38.2 Å². The molecule has 0 bridgehead atoms. The fraction of sp³-hybridized carbons (Fsp3) is 0.700. The van der Waals surface area contributed by atoms with Gasteiger partial charge in [0.15, 0.2) is 5.96 Å². The molecule has 2 aliphatic heterocycles. The van der Waals surface area contributed by atoms with Crippen LogP contribution in [0.15, 0.2) is 21.8 Å². The largest absolute Gasteiger partial charge is 0.357 e. The first-order valence-electron chi connectivity index (χ1n) is 10.2. The number of carbonyl (C=O) groups is 1. The van der Waals surface area contributed by atoms with Gasteiger partial charge in [-0.1, -0.05) is 6.92 Å². The van der Waals surface area contributed by atoms with Crippen molar-refractivity contribution in [3.8, 4) is 0 Å². The number of amides is 1. The molecule has 1 aromatic heterocycles. The first-order chi connectivity index (χ1) is 13.2. The van der Waals surface area contributed by atoms with Crippen LogP contribution in [0.25, 0.3) is 0 Å². The summed E-state index contributed by atoms with van der Waals surface area (Å²) in [5.74, 6) is 1.74. The Hall–Kier alpha value is -1.60. The first-order valence-corrected chi connectivity index (χ1v) is 11.2. The molecule has 0 radical (unpaired) electrons. The molecule has 6 nitrogen and oxygen atoms in total. The van der Waals surface area contributed by atoms with Crippen molar-refractivity contribution in [1.29, 1.82) is 0 Å². The third-order valence-corrected chi connectivity index (χ3v) is 6.15. The van der Waals surface area contributed by atoms with Crippen LogP contribution >= 0.6 is 11.3 Å². The Balaban J connectivity index is 1.49. The summed E-state index contributed by atoms with van der Waals surface area (Å²) in [6.07, 6.45) is 2.32. The highest BCUT2D eigenvalue weighted by Gasteiger charge is 2.24. The van der Waals surface area contributed by atoms with Gasteiger partial charge in [0.1, 0.15) is 0 Å². The highest BCUT2D eigenvalue weighted by atomic mass is 32.1. The molecule has 2 fully saturated rings. The lowest BCUT2D eigenvalue weighted by atomic mass is 10.1. The van der Waals surface area contributed by atoms with Crippen LogP contribution in [-0.2, 0) is 4.79 Å². The molecule has 2 aliphatic rings. The molecule has 7 heteroatoms. The minimum Gasteiger partial charge on any atom is -0.357 e. The zero-order valence-corrected chi connectivity index (χ0v) is 17.5. The summed E-state index contributed by atoms with van der Waals surface area (Å²) in [4.78, 5) is 23.9. The van der Waals surface area contributed by atoms with E-state index in [-0.39, 0.29) is 0 Å². The van der Waals surface area contributed by atoms with E-state index in [2.05, 4.69) is 45.8 Å². The van der Waals surface area contributed by atoms with Crippen molar-refractivity contribution in [3.05, 3.63) is 22.4 Å². The number of guanidine groups is 1. The second-order valence-electron chi connectivity index (χ2n) is 7.50. The van der Waals surface area contributed by atoms with E-state index in [0.29, 0.717) is 18.4 Å². The molecule has 0 aromatic carbocycles. The zero-order valence-electron chi connectivity index (χ0n) is 16.7. The maximum absolute atomic E-state index is 12.4. The molecule has 0 saturated carbocycles. The quantitative estimate of drug-likeness (QED) is 0.596. The standard InChI is InChI=1S/C20H33N5OS/c1-3-21-20(22-14-17(2)18-6-13-27-16-18)25-11-9-23(10-12-25)15-19(26)24-7-4-5-8-24/h6,13,16-17H,3-5,7-12,14-15H2,1-2H3,(H,21,22). The van der Waals surface area contributed by atoms with Gasteiger partial charge < -0.3 is 15.1 Å². The van der Waals surface area contributed by atoms with Gasteiger partial charge in [-0.25, -0.2) is 0 Å². The number of rotatable bonds is 6. The summed E-state index contributed by atoms with van der Waals surface area (Å²) < 4.78 is 0. The maximum atomic E-state index is 12.4. The highest BCUT2D eigenvalue weighted by molar-refractivity contribution is 7.07. The van der Waals surface area contributed by atoms with Crippen molar-refractivity contribution in [2.75, 3.05) is 58.9 Å². The summed E-state index contributed by atoms with van der Waals surface area (Å²) in [6, 6.07) is 2.19. The van der Waals surface area contributed by atoms with Crippen molar-refractivity contribution in [1.82, 2.24) is 20.0 Å². The van der Waals surface area contributed by atoms with E-state index in [1.807, 2.05) is 4.90 Å². The number of nitrogens with zero attached hydrogens (tertiary/aromatic N) is 4. The van der Waals surface area contributed by atoms with E-state index in [4.69, 9.17) is 4.99 Å². The van der Waals surface area contributed by atoms with Gasteiger partial charge in [-0.2, -0.15) is 11.3 Å². The number of carbonyl (C=O) groups excluding carboxylic acids is 1. The van der Waals surface area contributed by atoms with Crippen molar-refractivity contribution < 1.29 is 4.79 Å². The molecule has 0 spiro atoms. The molecule has 1 aromatic rings. The Morgan fingerprint density at radius 3 is 2.56 bits per heavy atom. The number of piperazine rings is 1. The SMILES string of the molecule is CCNC(=NCC(C)c1ccsc1)N1CCN(CC(=O)N2CCCC2)CC1. The number of likely N-dealkylation sites (tertiary alicyclic amines) is 1. The van der Waals surface area contributed by atoms with Crippen LogP contribution in [0.5, 0.6) is 0 Å². The van der Waals surface area contributed by atoms with Gasteiger partial charge in [-0.05, 0) is 42.2 Å². The van der Waals surface area contributed by atoms with Gasteiger partial charge in [-0.15, -0.1) is 0 Å². The summed E-state index contributed by atoms with van der Waals surface area (Å²) in [5.41, 5.74) is 1.37. The van der Waals surface area contributed by atoms with E-state index in [9.17, 15) is 4.79 Å². The Labute approximate surface area is 167 Å². The molecule has 2 saturated heterocycles. The summed E-state index contributed by atoms with van der Waals surface area (Å²) in [5, 5.41) is 7.78.